The van der Waals surface area contributed by atoms with E-state index in [1.807, 2.05) is 60.4 Å². The maximum absolute atomic E-state index is 12.7. The van der Waals surface area contributed by atoms with E-state index in [-0.39, 0.29) is 12.1 Å². The monoisotopic (exact) mass is 326 g/mol. The van der Waals surface area contributed by atoms with Crippen LogP contribution in [0.15, 0.2) is 48.5 Å². The molecule has 1 heterocycles. The Labute approximate surface area is 142 Å². The highest BCUT2D eigenvalue weighted by Gasteiger charge is 2.31. The Bertz CT molecular complexity index is 700. The van der Waals surface area contributed by atoms with Gasteiger partial charge in [-0.3, -0.25) is 4.79 Å². The molecular formula is C19H22N2O3. The molecule has 1 unspecified atom stereocenters. The summed E-state index contributed by atoms with van der Waals surface area (Å²) in [5.41, 5.74) is 2.62. The van der Waals surface area contributed by atoms with Crippen molar-refractivity contribution in [1.29, 1.82) is 0 Å². The topological polar surface area (TPSA) is 50.8 Å². The van der Waals surface area contributed by atoms with Crippen LogP contribution in [0, 0.1) is 0 Å². The molecule has 1 atom stereocenters. The normalized spacial score (nSPS) is 16.5. The minimum absolute atomic E-state index is 0.0530. The Balaban J connectivity index is 1.81. The van der Waals surface area contributed by atoms with Crippen LogP contribution in [0.1, 0.15) is 29.0 Å². The largest absolute Gasteiger partial charge is 0.491 e. The average Bonchev–Trinajstić information content (AvgIpc) is 2.62. The van der Waals surface area contributed by atoms with Crippen molar-refractivity contribution < 1.29 is 14.3 Å². The van der Waals surface area contributed by atoms with Gasteiger partial charge in [-0.05, 0) is 36.8 Å². The lowest BCUT2D eigenvalue weighted by atomic mass is 10.0. The number of carbonyl (C=O) groups excluding carboxylic acids is 1. The van der Waals surface area contributed by atoms with Gasteiger partial charge in [-0.25, -0.2) is 0 Å². The van der Waals surface area contributed by atoms with Gasteiger partial charge in [-0.1, -0.05) is 24.3 Å². The van der Waals surface area contributed by atoms with Crippen molar-refractivity contribution in [2.75, 3.05) is 32.2 Å². The number of para-hydroxylation sites is 1. The van der Waals surface area contributed by atoms with Gasteiger partial charge in [0.25, 0.3) is 5.91 Å². The standard InChI is InChI=1S/C19H22N2O3/c1-3-21-18(20-17-7-5-4-6-16(17)19(21)22)14-8-10-15(11-9-14)24-13-12-23-2/h4-11,18,20H,3,12-13H2,1-2H3. The molecule has 0 aliphatic carbocycles. The van der Waals surface area contributed by atoms with Crippen molar-refractivity contribution in [3.8, 4) is 5.75 Å². The van der Waals surface area contributed by atoms with Crippen LogP contribution in [0.5, 0.6) is 5.75 Å². The number of fused-ring (bicyclic) bond motifs is 1. The van der Waals surface area contributed by atoms with Crippen LogP contribution in [0.2, 0.25) is 0 Å². The van der Waals surface area contributed by atoms with Crippen molar-refractivity contribution in [2.45, 2.75) is 13.1 Å². The maximum atomic E-state index is 12.7. The molecule has 2 aromatic carbocycles. The maximum Gasteiger partial charge on any atom is 0.257 e. The summed E-state index contributed by atoms with van der Waals surface area (Å²) in [6, 6.07) is 15.4. The zero-order valence-corrected chi connectivity index (χ0v) is 14.0. The van der Waals surface area contributed by atoms with E-state index in [1.54, 1.807) is 7.11 Å². The van der Waals surface area contributed by atoms with Gasteiger partial charge >= 0.3 is 0 Å². The first kappa shape index (κ1) is 16.3. The summed E-state index contributed by atoms with van der Waals surface area (Å²) in [7, 11) is 1.65. The summed E-state index contributed by atoms with van der Waals surface area (Å²) in [5, 5.41) is 3.46. The predicted octanol–water partition coefficient (Wildman–Crippen LogP) is 3.30. The zero-order valence-electron chi connectivity index (χ0n) is 14.0. The summed E-state index contributed by atoms with van der Waals surface area (Å²) >= 11 is 0. The van der Waals surface area contributed by atoms with Crippen molar-refractivity contribution in [2.24, 2.45) is 0 Å². The van der Waals surface area contributed by atoms with Crippen LogP contribution in [0.4, 0.5) is 5.69 Å². The van der Waals surface area contributed by atoms with Crippen LogP contribution < -0.4 is 10.1 Å². The molecule has 1 aliphatic rings. The lowest BCUT2D eigenvalue weighted by Gasteiger charge is -2.37. The van der Waals surface area contributed by atoms with Gasteiger partial charge in [0.15, 0.2) is 0 Å². The highest BCUT2D eigenvalue weighted by molar-refractivity contribution is 6.01. The predicted molar refractivity (Wildman–Crippen MR) is 93.3 cm³/mol. The molecular weight excluding hydrogens is 304 g/mol. The SMILES string of the molecule is CCN1C(=O)c2ccccc2NC1c1ccc(OCCOC)cc1. The number of hydrogen-bond donors (Lipinski definition) is 1. The first-order chi connectivity index (χ1) is 11.7. The number of ether oxygens (including phenoxy) is 2. The molecule has 0 spiro atoms. The van der Waals surface area contributed by atoms with Gasteiger partial charge in [0.2, 0.25) is 0 Å². The summed E-state index contributed by atoms with van der Waals surface area (Å²) in [4.78, 5) is 14.6. The molecule has 1 aliphatic heterocycles. The van der Waals surface area contributed by atoms with Gasteiger partial charge in [0, 0.05) is 19.3 Å². The van der Waals surface area contributed by atoms with Crippen LogP contribution in [-0.2, 0) is 4.74 Å². The molecule has 1 amide bonds. The number of carbonyl (C=O) groups is 1. The smallest absolute Gasteiger partial charge is 0.257 e. The van der Waals surface area contributed by atoms with Crippen LogP contribution >= 0.6 is 0 Å². The van der Waals surface area contributed by atoms with E-state index < -0.39 is 0 Å². The lowest BCUT2D eigenvalue weighted by Crippen LogP contribution is -2.42. The lowest BCUT2D eigenvalue weighted by molar-refractivity contribution is 0.0695. The number of nitrogens with one attached hydrogen (secondary N) is 1. The van der Waals surface area contributed by atoms with Gasteiger partial charge in [0.1, 0.15) is 18.5 Å². The molecule has 5 nitrogen and oxygen atoms in total. The number of hydrogen-bond acceptors (Lipinski definition) is 4. The fourth-order valence-electron chi connectivity index (χ4n) is 2.87. The van der Waals surface area contributed by atoms with E-state index in [9.17, 15) is 4.79 Å². The third kappa shape index (κ3) is 3.21. The second kappa shape index (κ2) is 7.36. The number of rotatable bonds is 6. The molecule has 2 aromatic rings. The second-order valence-electron chi connectivity index (χ2n) is 5.59. The molecule has 1 N–H and O–H groups in total. The van der Waals surface area contributed by atoms with E-state index in [0.717, 1.165) is 22.6 Å². The van der Waals surface area contributed by atoms with Gasteiger partial charge in [-0.15, -0.1) is 0 Å². The molecule has 0 aromatic heterocycles. The fraction of sp³-hybridized carbons (Fsp3) is 0.316. The Hall–Kier alpha value is -2.53. The van der Waals surface area contributed by atoms with E-state index in [0.29, 0.717) is 19.8 Å². The third-order valence-electron chi connectivity index (χ3n) is 4.11. The number of anilines is 1. The highest BCUT2D eigenvalue weighted by Crippen LogP contribution is 2.33. The number of nitrogens with zero attached hydrogens (tertiary/aromatic N) is 1. The molecule has 0 saturated heterocycles. The van der Waals surface area contributed by atoms with Crippen molar-refractivity contribution in [3.63, 3.8) is 0 Å². The second-order valence-corrected chi connectivity index (χ2v) is 5.59. The van der Waals surface area contributed by atoms with E-state index in [2.05, 4.69) is 5.32 Å². The molecule has 0 saturated carbocycles. The summed E-state index contributed by atoms with van der Waals surface area (Å²) in [6.45, 7) is 3.70. The number of amides is 1. The van der Waals surface area contributed by atoms with Gasteiger partial charge in [-0.2, -0.15) is 0 Å². The van der Waals surface area contributed by atoms with Crippen LogP contribution in [0.25, 0.3) is 0 Å². The Morgan fingerprint density at radius 2 is 1.83 bits per heavy atom. The molecule has 5 heteroatoms. The fourth-order valence-corrected chi connectivity index (χ4v) is 2.87. The first-order valence-electron chi connectivity index (χ1n) is 8.13. The van der Waals surface area contributed by atoms with Gasteiger partial charge in [0.05, 0.1) is 12.2 Å². The molecule has 0 bridgehead atoms. The van der Waals surface area contributed by atoms with Crippen LogP contribution in [-0.4, -0.2) is 37.7 Å². The third-order valence-corrected chi connectivity index (χ3v) is 4.11. The van der Waals surface area contributed by atoms with Gasteiger partial charge < -0.3 is 19.7 Å². The van der Waals surface area contributed by atoms with E-state index >= 15 is 0 Å². The highest BCUT2D eigenvalue weighted by atomic mass is 16.5. The Kier molecular flexibility index (Phi) is 5.01. The summed E-state index contributed by atoms with van der Waals surface area (Å²) < 4.78 is 10.6. The minimum Gasteiger partial charge on any atom is -0.491 e. The quantitative estimate of drug-likeness (QED) is 0.828. The number of benzene rings is 2. The Morgan fingerprint density at radius 1 is 1.08 bits per heavy atom. The van der Waals surface area contributed by atoms with E-state index in [1.165, 1.54) is 0 Å². The molecule has 126 valence electrons. The summed E-state index contributed by atoms with van der Waals surface area (Å²) in [5.74, 6) is 0.846. The van der Waals surface area contributed by atoms with Crippen molar-refractivity contribution in [3.05, 3.63) is 59.7 Å². The van der Waals surface area contributed by atoms with Crippen LogP contribution in [0.3, 0.4) is 0 Å². The van der Waals surface area contributed by atoms with Crippen molar-refractivity contribution >= 4 is 11.6 Å². The molecule has 3 rings (SSSR count). The summed E-state index contributed by atoms with van der Waals surface area (Å²) in [6.07, 6.45) is -0.176. The zero-order chi connectivity index (χ0) is 16.9. The van der Waals surface area contributed by atoms with Crippen molar-refractivity contribution in [1.82, 2.24) is 4.90 Å². The minimum atomic E-state index is -0.176. The number of methoxy groups -OCH3 is 1. The molecule has 24 heavy (non-hydrogen) atoms. The molecule has 0 radical (unpaired) electrons. The Morgan fingerprint density at radius 3 is 2.54 bits per heavy atom. The molecule has 0 fully saturated rings. The van der Waals surface area contributed by atoms with E-state index in [4.69, 9.17) is 9.47 Å². The average molecular weight is 326 g/mol. The first-order valence-corrected chi connectivity index (χ1v) is 8.13.